The number of rotatable bonds is 3. The summed E-state index contributed by atoms with van der Waals surface area (Å²) in [5.41, 5.74) is 1.35. The molecule has 0 bridgehead atoms. The molecule has 2 aromatic heterocycles. The highest BCUT2D eigenvalue weighted by atomic mass is 79.9. The third-order valence-electron chi connectivity index (χ3n) is 2.08. The van der Waals surface area contributed by atoms with Crippen LogP contribution in [0.15, 0.2) is 27.5 Å². The second-order valence-electron chi connectivity index (χ2n) is 3.00. The van der Waals surface area contributed by atoms with Crippen molar-refractivity contribution < 1.29 is 4.79 Å². The van der Waals surface area contributed by atoms with Crippen LogP contribution in [0.5, 0.6) is 0 Å². The lowest BCUT2D eigenvalue weighted by molar-refractivity contribution is 0.102. The summed E-state index contributed by atoms with van der Waals surface area (Å²) in [5.74, 6) is 0.0244. The molecule has 0 saturated carbocycles. The normalized spacial score (nSPS) is 10.5. The lowest BCUT2D eigenvalue weighted by Gasteiger charge is -2.01. The van der Waals surface area contributed by atoms with Crippen molar-refractivity contribution in [2.24, 2.45) is 0 Å². The molecular weight excluding hydrogens is 276 g/mol. The van der Waals surface area contributed by atoms with Crippen molar-refractivity contribution in [2.75, 3.05) is 0 Å². The number of hydrogen-bond donors (Lipinski definition) is 0. The van der Waals surface area contributed by atoms with Gasteiger partial charge in [0.05, 0.1) is 3.79 Å². The van der Waals surface area contributed by atoms with Crippen LogP contribution in [0.3, 0.4) is 0 Å². The maximum absolute atomic E-state index is 12.0. The smallest absolute Gasteiger partial charge is 0.211 e. The molecule has 78 valence electrons. The first-order chi connectivity index (χ1) is 7.22. The molecular formula is C10H9BrN2OS. The van der Waals surface area contributed by atoms with E-state index >= 15 is 0 Å². The van der Waals surface area contributed by atoms with Crippen LogP contribution in [-0.2, 0) is 6.54 Å². The zero-order valence-electron chi connectivity index (χ0n) is 8.11. The number of carbonyl (C=O) groups excluding carboxylic acids is 1. The first-order valence-electron chi connectivity index (χ1n) is 4.53. The van der Waals surface area contributed by atoms with E-state index in [0.29, 0.717) is 17.8 Å². The highest BCUT2D eigenvalue weighted by Crippen LogP contribution is 2.22. The van der Waals surface area contributed by atoms with Crippen LogP contribution in [-0.4, -0.2) is 15.6 Å². The highest BCUT2D eigenvalue weighted by Gasteiger charge is 2.14. The Morgan fingerprint density at radius 3 is 3.07 bits per heavy atom. The molecule has 0 aromatic carbocycles. The molecule has 0 N–H and O–H groups in total. The van der Waals surface area contributed by atoms with Gasteiger partial charge in [0.1, 0.15) is 5.69 Å². The van der Waals surface area contributed by atoms with E-state index < -0.39 is 0 Å². The Bertz CT molecular complexity index is 489. The molecule has 2 heterocycles. The van der Waals surface area contributed by atoms with Crippen molar-refractivity contribution in [2.45, 2.75) is 13.5 Å². The fraction of sp³-hybridized carbons (Fsp3) is 0.200. The topological polar surface area (TPSA) is 34.9 Å². The molecule has 0 fully saturated rings. The van der Waals surface area contributed by atoms with Crippen LogP contribution < -0.4 is 0 Å². The van der Waals surface area contributed by atoms with Crippen molar-refractivity contribution in [1.29, 1.82) is 0 Å². The average Bonchev–Trinajstić information content (AvgIpc) is 2.84. The molecule has 2 aromatic rings. The van der Waals surface area contributed by atoms with E-state index in [4.69, 9.17) is 0 Å². The maximum Gasteiger partial charge on any atom is 0.211 e. The molecule has 15 heavy (non-hydrogen) atoms. The largest absolute Gasteiger partial charge is 0.287 e. The fourth-order valence-corrected chi connectivity index (χ4v) is 2.49. The van der Waals surface area contributed by atoms with Crippen molar-refractivity contribution >= 4 is 33.0 Å². The summed E-state index contributed by atoms with van der Waals surface area (Å²) in [5, 5.41) is 5.92. The minimum Gasteiger partial charge on any atom is -0.287 e. The van der Waals surface area contributed by atoms with E-state index in [9.17, 15) is 4.79 Å². The second-order valence-corrected chi connectivity index (χ2v) is 5.29. The molecule has 0 amide bonds. The number of ketones is 1. The molecule has 5 heteroatoms. The maximum atomic E-state index is 12.0. The van der Waals surface area contributed by atoms with Gasteiger partial charge in [-0.05, 0) is 35.0 Å². The second kappa shape index (κ2) is 4.28. The zero-order valence-corrected chi connectivity index (χ0v) is 10.5. The summed E-state index contributed by atoms with van der Waals surface area (Å²) in [6.07, 6.45) is 1.65. The van der Waals surface area contributed by atoms with Crippen LogP contribution in [0.25, 0.3) is 0 Å². The number of aromatic nitrogens is 2. The Labute approximate surface area is 99.9 Å². The van der Waals surface area contributed by atoms with E-state index in [1.54, 1.807) is 16.9 Å². The highest BCUT2D eigenvalue weighted by molar-refractivity contribution is 9.11. The van der Waals surface area contributed by atoms with E-state index in [2.05, 4.69) is 21.0 Å². The molecule has 0 aliphatic heterocycles. The van der Waals surface area contributed by atoms with Gasteiger partial charge >= 0.3 is 0 Å². The number of nitrogens with zero attached hydrogens (tertiary/aromatic N) is 2. The van der Waals surface area contributed by atoms with Gasteiger partial charge in [0.2, 0.25) is 5.78 Å². The van der Waals surface area contributed by atoms with Crippen LogP contribution >= 0.6 is 27.3 Å². The Balaban J connectivity index is 2.36. The average molecular weight is 285 g/mol. The van der Waals surface area contributed by atoms with Gasteiger partial charge in [0.15, 0.2) is 0 Å². The van der Waals surface area contributed by atoms with E-state index in [1.807, 2.05) is 18.4 Å². The van der Waals surface area contributed by atoms with Gasteiger partial charge in [-0.1, -0.05) is 0 Å². The number of aryl methyl sites for hydroxylation is 1. The summed E-state index contributed by atoms with van der Waals surface area (Å²) >= 11 is 4.85. The van der Waals surface area contributed by atoms with Crippen LogP contribution in [0.1, 0.15) is 23.0 Å². The minimum absolute atomic E-state index is 0.0244. The first-order valence-corrected chi connectivity index (χ1v) is 6.20. The van der Waals surface area contributed by atoms with Crippen LogP contribution in [0, 0.1) is 0 Å². The number of halogens is 1. The van der Waals surface area contributed by atoms with E-state index in [0.717, 1.165) is 3.79 Å². The predicted octanol–water partition coefficient (Wildman–Crippen LogP) is 2.96. The molecule has 0 saturated heterocycles. The Hall–Kier alpha value is -0.940. The zero-order chi connectivity index (χ0) is 10.8. The number of hydrogen-bond acceptors (Lipinski definition) is 3. The minimum atomic E-state index is 0.0244. The standard InChI is InChI=1S/C10H9BrN2OS/c1-2-13-8(3-4-12-13)10(14)7-5-9(11)15-6-7/h3-6H,2H2,1H3. The van der Waals surface area contributed by atoms with Gasteiger partial charge < -0.3 is 0 Å². The van der Waals surface area contributed by atoms with E-state index in [1.165, 1.54) is 11.3 Å². The number of carbonyl (C=O) groups is 1. The van der Waals surface area contributed by atoms with Gasteiger partial charge in [-0.3, -0.25) is 9.48 Å². The van der Waals surface area contributed by atoms with Gasteiger partial charge in [-0.25, -0.2) is 0 Å². The van der Waals surface area contributed by atoms with Crippen LogP contribution in [0.4, 0.5) is 0 Å². The Morgan fingerprint density at radius 2 is 2.47 bits per heavy atom. The Morgan fingerprint density at radius 1 is 1.67 bits per heavy atom. The summed E-state index contributed by atoms with van der Waals surface area (Å²) in [6.45, 7) is 2.67. The van der Waals surface area contributed by atoms with E-state index in [-0.39, 0.29) is 5.78 Å². The molecule has 0 spiro atoms. The predicted molar refractivity (Wildman–Crippen MR) is 63.4 cm³/mol. The van der Waals surface area contributed by atoms with Crippen molar-refractivity contribution in [3.8, 4) is 0 Å². The summed E-state index contributed by atoms with van der Waals surface area (Å²) in [7, 11) is 0. The molecule has 0 radical (unpaired) electrons. The summed E-state index contributed by atoms with van der Waals surface area (Å²) in [6, 6.07) is 3.58. The van der Waals surface area contributed by atoms with Crippen molar-refractivity contribution in [3.63, 3.8) is 0 Å². The van der Waals surface area contributed by atoms with Crippen molar-refractivity contribution in [3.05, 3.63) is 38.8 Å². The lowest BCUT2D eigenvalue weighted by atomic mass is 10.2. The lowest BCUT2D eigenvalue weighted by Crippen LogP contribution is -2.09. The SMILES string of the molecule is CCn1nccc1C(=O)c1csc(Br)c1. The van der Waals surface area contributed by atoms with Gasteiger partial charge in [-0.2, -0.15) is 5.10 Å². The van der Waals surface area contributed by atoms with Crippen molar-refractivity contribution in [1.82, 2.24) is 9.78 Å². The first kappa shape index (κ1) is 10.6. The number of thiophene rings is 1. The molecule has 0 unspecified atom stereocenters. The Kier molecular flexibility index (Phi) is 3.02. The van der Waals surface area contributed by atoms with Crippen LogP contribution in [0.2, 0.25) is 0 Å². The quantitative estimate of drug-likeness (QED) is 0.813. The summed E-state index contributed by atoms with van der Waals surface area (Å²) < 4.78 is 2.67. The van der Waals surface area contributed by atoms with Gasteiger partial charge in [0.25, 0.3) is 0 Å². The fourth-order valence-electron chi connectivity index (χ4n) is 1.35. The molecule has 2 rings (SSSR count). The van der Waals surface area contributed by atoms with Gasteiger partial charge in [-0.15, -0.1) is 11.3 Å². The summed E-state index contributed by atoms with van der Waals surface area (Å²) in [4.78, 5) is 12.0. The molecule has 0 atom stereocenters. The van der Waals surface area contributed by atoms with Gasteiger partial charge in [0, 0.05) is 23.7 Å². The third kappa shape index (κ3) is 2.03. The molecule has 3 nitrogen and oxygen atoms in total. The molecule has 0 aliphatic carbocycles. The third-order valence-corrected chi connectivity index (χ3v) is 3.58. The molecule has 0 aliphatic rings. The monoisotopic (exact) mass is 284 g/mol.